The van der Waals surface area contributed by atoms with Gasteiger partial charge in [0.05, 0.1) is 17.5 Å². The van der Waals surface area contributed by atoms with Crippen molar-refractivity contribution >= 4 is 29.1 Å². The fraction of sp³-hybridized carbons (Fsp3) is 0.320. The number of nitrogens with one attached hydrogen (secondary N) is 1. The Hall–Kier alpha value is -3.21. The molecular weight excluding hydrogens is 376 g/mol. The molecule has 1 saturated heterocycles. The zero-order valence-corrected chi connectivity index (χ0v) is 16.6. The van der Waals surface area contributed by atoms with Crippen molar-refractivity contribution in [1.29, 1.82) is 0 Å². The Balaban J connectivity index is 1.23. The van der Waals surface area contributed by atoms with Gasteiger partial charge in [0.25, 0.3) is 5.91 Å². The Kier molecular flexibility index (Phi) is 3.61. The first kappa shape index (κ1) is 17.6. The number of anilines is 2. The number of carbonyl (C=O) groups excluding carboxylic acids is 3. The maximum Gasteiger partial charge on any atom is 0.255 e. The van der Waals surface area contributed by atoms with Crippen LogP contribution in [-0.4, -0.2) is 17.7 Å². The first-order valence-corrected chi connectivity index (χ1v) is 10.6. The molecule has 1 N–H and O–H groups in total. The summed E-state index contributed by atoms with van der Waals surface area (Å²) < 4.78 is 0. The van der Waals surface area contributed by atoms with E-state index in [2.05, 4.69) is 17.5 Å². The highest BCUT2D eigenvalue weighted by molar-refractivity contribution is 6.22. The number of hydrogen-bond donors (Lipinski definition) is 1. The molecule has 6 atom stereocenters. The lowest BCUT2D eigenvalue weighted by molar-refractivity contribution is -0.124. The molecule has 0 radical (unpaired) electrons. The third-order valence-corrected chi connectivity index (χ3v) is 7.33. The summed E-state index contributed by atoms with van der Waals surface area (Å²) in [5.74, 6) is 0.814. The summed E-state index contributed by atoms with van der Waals surface area (Å²) in [7, 11) is 0. The second-order valence-electron chi connectivity index (χ2n) is 9.04. The van der Waals surface area contributed by atoms with Gasteiger partial charge in [-0.15, -0.1) is 0 Å². The highest BCUT2D eigenvalue weighted by atomic mass is 16.2. The van der Waals surface area contributed by atoms with E-state index in [9.17, 15) is 14.4 Å². The number of allylic oxidation sites excluding steroid dienone is 2. The minimum atomic E-state index is -0.220. The summed E-state index contributed by atoms with van der Waals surface area (Å²) in [6.07, 6.45) is 5.50. The highest BCUT2D eigenvalue weighted by Crippen LogP contribution is 2.65. The third-order valence-electron chi connectivity index (χ3n) is 7.33. The number of amides is 3. The number of imide groups is 1. The Morgan fingerprint density at radius 1 is 0.933 bits per heavy atom. The molecule has 5 aliphatic rings. The largest absolute Gasteiger partial charge is 0.322 e. The average Bonchev–Trinajstić information content (AvgIpc) is 3.52. The number of nitrogens with zero attached hydrogens (tertiary/aromatic N) is 1. The van der Waals surface area contributed by atoms with Crippen molar-refractivity contribution in [3.05, 3.63) is 71.8 Å². The lowest BCUT2D eigenvalue weighted by atomic mass is 9.63. The zero-order chi connectivity index (χ0) is 20.6. The van der Waals surface area contributed by atoms with Crippen LogP contribution >= 0.6 is 0 Å². The second-order valence-corrected chi connectivity index (χ2v) is 9.04. The fourth-order valence-corrected chi connectivity index (χ4v) is 5.90. The lowest BCUT2D eigenvalue weighted by Gasteiger charge is -2.37. The van der Waals surface area contributed by atoms with E-state index < -0.39 is 0 Å². The van der Waals surface area contributed by atoms with Gasteiger partial charge in [0, 0.05) is 11.3 Å². The predicted molar refractivity (Wildman–Crippen MR) is 113 cm³/mol. The molecule has 4 aliphatic carbocycles. The number of rotatable bonds is 3. The number of carbonyl (C=O) groups is 3. The highest BCUT2D eigenvalue weighted by Gasteiger charge is 2.67. The third kappa shape index (κ3) is 2.44. The number of aryl methyl sites for hydroxylation is 1. The summed E-state index contributed by atoms with van der Waals surface area (Å²) in [5.41, 5.74) is 2.84. The molecule has 5 nitrogen and oxygen atoms in total. The van der Waals surface area contributed by atoms with E-state index >= 15 is 0 Å². The zero-order valence-electron chi connectivity index (χ0n) is 16.6. The molecule has 3 amide bonds. The van der Waals surface area contributed by atoms with Crippen molar-refractivity contribution < 1.29 is 14.4 Å². The Morgan fingerprint density at radius 3 is 2.17 bits per heavy atom. The van der Waals surface area contributed by atoms with Gasteiger partial charge < -0.3 is 5.32 Å². The first-order valence-electron chi connectivity index (χ1n) is 10.6. The van der Waals surface area contributed by atoms with Gasteiger partial charge >= 0.3 is 0 Å². The van der Waals surface area contributed by atoms with Crippen LogP contribution in [0.1, 0.15) is 22.3 Å². The van der Waals surface area contributed by atoms with Crippen molar-refractivity contribution in [3.63, 3.8) is 0 Å². The van der Waals surface area contributed by atoms with Gasteiger partial charge in [0.15, 0.2) is 0 Å². The normalized spacial score (nSPS) is 32.8. The smallest absolute Gasteiger partial charge is 0.255 e. The molecule has 5 heteroatoms. The molecule has 2 saturated carbocycles. The summed E-state index contributed by atoms with van der Waals surface area (Å²) in [4.78, 5) is 40.3. The van der Waals surface area contributed by atoms with Crippen LogP contribution in [0.4, 0.5) is 11.4 Å². The maximum absolute atomic E-state index is 13.2. The van der Waals surface area contributed by atoms with Crippen molar-refractivity contribution in [3.8, 4) is 0 Å². The van der Waals surface area contributed by atoms with E-state index in [4.69, 9.17) is 0 Å². The van der Waals surface area contributed by atoms with Gasteiger partial charge in [0.1, 0.15) is 0 Å². The van der Waals surface area contributed by atoms with Crippen molar-refractivity contribution in [1.82, 2.24) is 0 Å². The van der Waals surface area contributed by atoms with Crippen LogP contribution in [0, 0.1) is 42.4 Å². The monoisotopic (exact) mass is 398 g/mol. The van der Waals surface area contributed by atoms with E-state index in [1.807, 2.05) is 31.2 Å². The van der Waals surface area contributed by atoms with Gasteiger partial charge in [-0.05, 0) is 79.0 Å². The van der Waals surface area contributed by atoms with Crippen LogP contribution in [-0.2, 0) is 9.59 Å². The topological polar surface area (TPSA) is 66.5 Å². The number of hydrogen-bond acceptors (Lipinski definition) is 3. The van der Waals surface area contributed by atoms with Crippen LogP contribution in [0.5, 0.6) is 0 Å². The number of benzene rings is 2. The maximum atomic E-state index is 13.2. The summed E-state index contributed by atoms with van der Waals surface area (Å²) >= 11 is 0. The minimum absolute atomic E-state index is 0.0772. The van der Waals surface area contributed by atoms with E-state index in [1.54, 1.807) is 24.3 Å². The van der Waals surface area contributed by atoms with Gasteiger partial charge in [-0.2, -0.15) is 0 Å². The van der Waals surface area contributed by atoms with Gasteiger partial charge in [-0.25, -0.2) is 0 Å². The molecule has 7 rings (SSSR count). The first-order chi connectivity index (χ1) is 14.5. The molecule has 2 bridgehead atoms. The molecular formula is C25H22N2O3. The molecule has 150 valence electrons. The molecule has 2 aromatic rings. The van der Waals surface area contributed by atoms with Gasteiger partial charge in [-0.1, -0.05) is 24.3 Å². The lowest BCUT2D eigenvalue weighted by Crippen LogP contribution is -2.40. The average molecular weight is 398 g/mol. The van der Waals surface area contributed by atoms with E-state index in [0.717, 1.165) is 17.7 Å². The Bertz CT molecular complexity index is 1080. The van der Waals surface area contributed by atoms with Crippen molar-refractivity contribution in [2.45, 2.75) is 13.3 Å². The van der Waals surface area contributed by atoms with Crippen LogP contribution in [0.15, 0.2) is 60.7 Å². The molecule has 1 heterocycles. The minimum Gasteiger partial charge on any atom is -0.322 e. The molecule has 30 heavy (non-hydrogen) atoms. The van der Waals surface area contributed by atoms with Crippen molar-refractivity contribution in [2.24, 2.45) is 35.5 Å². The van der Waals surface area contributed by atoms with Crippen LogP contribution in [0.2, 0.25) is 0 Å². The fourth-order valence-electron chi connectivity index (χ4n) is 5.90. The van der Waals surface area contributed by atoms with E-state index in [-0.39, 0.29) is 41.4 Å². The van der Waals surface area contributed by atoms with Crippen LogP contribution in [0.3, 0.4) is 0 Å². The van der Waals surface area contributed by atoms with Crippen molar-refractivity contribution in [2.75, 3.05) is 10.2 Å². The molecule has 0 spiro atoms. The van der Waals surface area contributed by atoms with Crippen LogP contribution in [0.25, 0.3) is 0 Å². The quantitative estimate of drug-likeness (QED) is 0.632. The van der Waals surface area contributed by atoms with Gasteiger partial charge in [0.2, 0.25) is 11.8 Å². The molecule has 3 fully saturated rings. The molecule has 1 aliphatic heterocycles. The second kappa shape index (κ2) is 6.14. The molecule has 2 aromatic carbocycles. The predicted octanol–water partition coefficient (Wildman–Crippen LogP) is 3.80. The Morgan fingerprint density at radius 2 is 1.57 bits per heavy atom. The van der Waals surface area contributed by atoms with Gasteiger partial charge in [-0.3, -0.25) is 19.3 Å². The summed E-state index contributed by atoms with van der Waals surface area (Å²) in [5, 5.41) is 2.88. The summed E-state index contributed by atoms with van der Waals surface area (Å²) in [6, 6.07) is 14.4. The summed E-state index contributed by atoms with van der Waals surface area (Å²) in [6.45, 7) is 1.97. The van der Waals surface area contributed by atoms with Crippen LogP contribution < -0.4 is 10.2 Å². The van der Waals surface area contributed by atoms with E-state index in [0.29, 0.717) is 23.1 Å². The standard InChI is InChI=1S/C25H22N2O3/c1-13-3-2-4-15(11-13)26-23(28)14-5-7-16(8-6-14)27-24(29)21-17-9-10-18(20-12-19(17)20)22(21)25(27)30/h2-11,17-22H,12H2,1H3,(H,26,28)/t17-,18-,19-,20-,21+,22+/m0/s1. The molecule has 0 aromatic heterocycles. The Labute approximate surface area is 174 Å². The van der Waals surface area contributed by atoms with E-state index in [1.165, 1.54) is 4.90 Å². The molecule has 0 unspecified atom stereocenters. The SMILES string of the molecule is Cc1cccc(NC(=O)c2ccc(N3C(=O)[C@@H]4[C@H]5C=C[C@@H]([C@@H]6C[C@@H]56)[C@H]4C3=O)cc2)c1.